The highest BCUT2D eigenvalue weighted by Gasteiger charge is 2.31. The second-order valence-electron chi connectivity index (χ2n) is 5.51. The molecule has 0 aliphatic heterocycles. The lowest BCUT2D eigenvalue weighted by molar-refractivity contribution is -0.137. The molecule has 22 heavy (non-hydrogen) atoms. The van der Waals surface area contributed by atoms with Gasteiger partial charge in [0, 0.05) is 5.41 Å². The highest BCUT2D eigenvalue weighted by Crippen LogP contribution is 2.25. The average molecular weight is 302 g/mol. The quantitative estimate of drug-likeness (QED) is 0.613. The van der Waals surface area contributed by atoms with Crippen LogP contribution in [0, 0.1) is 22.7 Å². The standard InChI is InChI=1S/C16H18N2O4/c1-16(2,10-19)8-11(9-17)14(20)15(21)18-12-6-4-5-7-13(12)22-3/h4-7,10-11H,8H2,1-3H3,(H,18,21)/t11-/m0/s1. The molecule has 0 spiro atoms. The zero-order valence-corrected chi connectivity index (χ0v) is 12.8. The number of methoxy groups -OCH3 is 1. The second kappa shape index (κ2) is 7.36. The number of hydrogen-bond donors (Lipinski definition) is 1. The number of amides is 1. The van der Waals surface area contributed by atoms with E-state index in [9.17, 15) is 14.4 Å². The molecule has 1 N–H and O–H groups in total. The van der Waals surface area contributed by atoms with Gasteiger partial charge >= 0.3 is 0 Å². The summed E-state index contributed by atoms with van der Waals surface area (Å²) in [4.78, 5) is 35.0. The number of nitrogens with one attached hydrogen (secondary N) is 1. The van der Waals surface area contributed by atoms with E-state index < -0.39 is 23.0 Å². The minimum Gasteiger partial charge on any atom is -0.495 e. The van der Waals surface area contributed by atoms with Crippen molar-refractivity contribution >= 4 is 23.7 Å². The summed E-state index contributed by atoms with van der Waals surface area (Å²) in [7, 11) is 1.44. The highest BCUT2D eigenvalue weighted by molar-refractivity contribution is 6.42. The first-order valence-corrected chi connectivity index (χ1v) is 6.69. The van der Waals surface area contributed by atoms with Crippen LogP contribution in [0.2, 0.25) is 0 Å². The van der Waals surface area contributed by atoms with Gasteiger partial charge in [0.15, 0.2) is 0 Å². The molecule has 0 unspecified atom stereocenters. The lowest BCUT2D eigenvalue weighted by atomic mass is 9.83. The number of aldehydes is 1. The van der Waals surface area contributed by atoms with Crippen molar-refractivity contribution in [3.63, 3.8) is 0 Å². The lowest BCUT2D eigenvalue weighted by Crippen LogP contribution is -2.32. The minimum atomic E-state index is -1.17. The monoisotopic (exact) mass is 302 g/mol. The molecule has 1 atom stereocenters. The van der Waals surface area contributed by atoms with Gasteiger partial charge in [0.25, 0.3) is 5.91 Å². The Labute approximate surface area is 129 Å². The SMILES string of the molecule is COc1ccccc1NC(=O)C(=O)[C@H](C#N)CC(C)(C)C=O. The van der Waals surface area contributed by atoms with Gasteiger partial charge < -0.3 is 14.8 Å². The third-order valence-electron chi connectivity index (χ3n) is 3.10. The Morgan fingerprint density at radius 3 is 2.59 bits per heavy atom. The summed E-state index contributed by atoms with van der Waals surface area (Å²) in [6.45, 7) is 3.21. The van der Waals surface area contributed by atoms with Gasteiger partial charge in [0.05, 0.1) is 18.9 Å². The van der Waals surface area contributed by atoms with Crippen molar-refractivity contribution in [2.45, 2.75) is 20.3 Å². The summed E-state index contributed by atoms with van der Waals surface area (Å²) < 4.78 is 5.07. The highest BCUT2D eigenvalue weighted by atomic mass is 16.5. The van der Waals surface area contributed by atoms with Crippen LogP contribution in [0.25, 0.3) is 0 Å². The molecule has 1 rings (SSSR count). The third-order valence-corrected chi connectivity index (χ3v) is 3.10. The zero-order valence-electron chi connectivity index (χ0n) is 12.8. The maximum Gasteiger partial charge on any atom is 0.293 e. The number of benzene rings is 1. The molecule has 6 heteroatoms. The Kier molecular flexibility index (Phi) is 5.81. The third kappa shape index (κ3) is 4.42. The zero-order chi connectivity index (χ0) is 16.8. The number of Topliss-reactive ketones (excluding diaryl/α,β-unsaturated/α-hetero) is 1. The number of carbonyl (C=O) groups excluding carboxylic acids is 3. The number of anilines is 1. The summed E-state index contributed by atoms with van der Waals surface area (Å²) in [5.41, 5.74) is -0.504. The minimum absolute atomic E-state index is 0.00875. The molecular weight excluding hydrogens is 284 g/mol. The Morgan fingerprint density at radius 2 is 2.05 bits per heavy atom. The van der Waals surface area contributed by atoms with Crippen molar-refractivity contribution in [2.24, 2.45) is 11.3 Å². The average Bonchev–Trinajstić information content (AvgIpc) is 2.52. The van der Waals surface area contributed by atoms with E-state index in [-0.39, 0.29) is 6.42 Å². The molecule has 1 aromatic carbocycles. The number of hydrogen-bond acceptors (Lipinski definition) is 5. The van der Waals surface area contributed by atoms with E-state index in [0.717, 1.165) is 0 Å². The number of nitrogens with zero attached hydrogens (tertiary/aromatic N) is 1. The van der Waals surface area contributed by atoms with Crippen LogP contribution in [0.15, 0.2) is 24.3 Å². The predicted octanol–water partition coefficient (Wildman–Crippen LogP) is 1.96. The summed E-state index contributed by atoms with van der Waals surface area (Å²) in [6.07, 6.45) is 0.661. The maximum absolute atomic E-state index is 12.1. The number of rotatable bonds is 7. The molecule has 6 nitrogen and oxygen atoms in total. The fraction of sp³-hybridized carbons (Fsp3) is 0.375. The fourth-order valence-electron chi connectivity index (χ4n) is 1.86. The molecule has 0 saturated carbocycles. The van der Waals surface area contributed by atoms with Crippen LogP contribution in [0.3, 0.4) is 0 Å². The first kappa shape index (κ1) is 17.4. The Hall–Kier alpha value is -2.68. The van der Waals surface area contributed by atoms with E-state index in [0.29, 0.717) is 17.7 Å². The van der Waals surface area contributed by atoms with Gasteiger partial charge in [0.1, 0.15) is 18.0 Å². The van der Waals surface area contributed by atoms with Gasteiger partial charge in [-0.2, -0.15) is 5.26 Å². The second-order valence-corrected chi connectivity index (χ2v) is 5.51. The number of carbonyl (C=O) groups is 3. The normalized spacial score (nSPS) is 11.9. The van der Waals surface area contributed by atoms with Crippen LogP contribution >= 0.6 is 0 Å². The number of nitriles is 1. The van der Waals surface area contributed by atoms with Crippen LogP contribution < -0.4 is 10.1 Å². The van der Waals surface area contributed by atoms with Crippen LogP contribution in [0.5, 0.6) is 5.75 Å². The summed E-state index contributed by atoms with van der Waals surface area (Å²) in [6, 6.07) is 8.41. The van der Waals surface area contributed by atoms with Gasteiger partial charge in [-0.05, 0) is 18.6 Å². The van der Waals surface area contributed by atoms with E-state index in [1.807, 2.05) is 0 Å². The largest absolute Gasteiger partial charge is 0.495 e. The van der Waals surface area contributed by atoms with Gasteiger partial charge in [-0.3, -0.25) is 9.59 Å². The molecule has 0 aromatic heterocycles. The molecule has 0 fully saturated rings. The summed E-state index contributed by atoms with van der Waals surface area (Å²) >= 11 is 0. The van der Waals surface area contributed by atoms with E-state index in [2.05, 4.69) is 5.32 Å². The van der Waals surface area contributed by atoms with Crippen molar-refractivity contribution in [3.8, 4) is 11.8 Å². The van der Waals surface area contributed by atoms with Crippen molar-refractivity contribution in [1.82, 2.24) is 0 Å². The molecule has 0 aliphatic carbocycles. The number of ether oxygens (including phenoxy) is 1. The van der Waals surface area contributed by atoms with Crippen LogP contribution in [-0.2, 0) is 14.4 Å². The molecule has 1 amide bonds. The predicted molar refractivity (Wildman–Crippen MR) is 80.2 cm³/mol. The maximum atomic E-state index is 12.1. The molecule has 0 radical (unpaired) electrons. The number of ketones is 1. The van der Waals surface area contributed by atoms with E-state index in [4.69, 9.17) is 10.00 Å². The Bertz CT molecular complexity index is 617. The lowest BCUT2D eigenvalue weighted by Gasteiger charge is -2.19. The molecular formula is C16H18N2O4. The van der Waals surface area contributed by atoms with E-state index >= 15 is 0 Å². The van der Waals surface area contributed by atoms with Crippen LogP contribution in [-0.4, -0.2) is 25.1 Å². The Morgan fingerprint density at radius 1 is 1.41 bits per heavy atom. The first-order chi connectivity index (χ1) is 10.3. The topological polar surface area (TPSA) is 96.3 Å². The molecule has 0 bridgehead atoms. The van der Waals surface area contributed by atoms with Crippen LogP contribution in [0.1, 0.15) is 20.3 Å². The fourth-order valence-corrected chi connectivity index (χ4v) is 1.86. The van der Waals surface area contributed by atoms with Crippen molar-refractivity contribution < 1.29 is 19.1 Å². The molecule has 116 valence electrons. The first-order valence-electron chi connectivity index (χ1n) is 6.69. The summed E-state index contributed by atoms with van der Waals surface area (Å²) in [5.74, 6) is -2.54. The smallest absolute Gasteiger partial charge is 0.293 e. The van der Waals surface area contributed by atoms with E-state index in [1.165, 1.54) is 7.11 Å². The van der Waals surface area contributed by atoms with Gasteiger partial charge in [-0.15, -0.1) is 0 Å². The van der Waals surface area contributed by atoms with Gasteiger partial charge in [0.2, 0.25) is 5.78 Å². The molecule has 1 aromatic rings. The summed E-state index contributed by atoms with van der Waals surface area (Å²) in [5, 5.41) is 11.5. The van der Waals surface area contributed by atoms with E-state index in [1.54, 1.807) is 44.2 Å². The molecule has 0 aliphatic rings. The van der Waals surface area contributed by atoms with Gasteiger partial charge in [-0.1, -0.05) is 26.0 Å². The van der Waals surface area contributed by atoms with Crippen molar-refractivity contribution in [2.75, 3.05) is 12.4 Å². The van der Waals surface area contributed by atoms with Crippen molar-refractivity contribution in [3.05, 3.63) is 24.3 Å². The van der Waals surface area contributed by atoms with Crippen molar-refractivity contribution in [1.29, 1.82) is 5.26 Å². The van der Waals surface area contributed by atoms with Gasteiger partial charge in [-0.25, -0.2) is 0 Å². The molecule has 0 saturated heterocycles. The van der Waals surface area contributed by atoms with Crippen LogP contribution in [0.4, 0.5) is 5.69 Å². The Balaban J connectivity index is 2.86. The number of para-hydroxylation sites is 2. The molecule has 0 heterocycles.